The molecule has 0 aliphatic carbocycles. The van der Waals surface area contributed by atoms with Crippen LogP contribution in [0.15, 0.2) is 36.4 Å². The van der Waals surface area contributed by atoms with Gasteiger partial charge in [-0.25, -0.2) is 4.98 Å². The van der Waals surface area contributed by atoms with Crippen LogP contribution in [0.1, 0.15) is 15.4 Å². The summed E-state index contributed by atoms with van der Waals surface area (Å²) in [6.07, 6.45) is 0.210. The second-order valence-electron chi connectivity index (χ2n) is 6.28. The monoisotopic (exact) mass is 416 g/mol. The minimum absolute atomic E-state index is 0.170. The number of benzene rings is 2. The SMILES string of the molecule is COc1cc(OC)c(NC(=O)Cc2sc(C)nc2-c2ccc(C)cc2)cc1Cl. The van der Waals surface area contributed by atoms with Crippen LogP contribution in [0, 0.1) is 13.8 Å². The highest BCUT2D eigenvalue weighted by Crippen LogP contribution is 2.36. The van der Waals surface area contributed by atoms with Gasteiger partial charge in [0.05, 0.1) is 42.1 Å². The molecule has 146 valence electrons. The van der Waals surface area contributed by atoms with E-state index in [0.29, 0.717) is 22.2 Å². The number of nitrogens with zero attached hydrogens (tertiary/aromatic N) is 1. The number of carbonyl (C=O) groups is 1. The van der Waals surface area contributed by atoms with E-state index in [1.165, 1.54) is 31.1 Å². The summed E-state index contributed by atoms with van der Waals surface area (Å²) < 4.78 is 10.5. The summed E-state index contributed by atoms with van der Waals surface area (Å²) in [6.45, 7) is 3.98. The Hall–Kier alpha value is -2.57. The first kappa shape index (κ1) is 20.2. The number of methoxy groups -OCH3 is 2. The Balaban J connectivity index is 1.83. The number of thiazole rings is 1. The molecule has 0 fully saturated rings. The first-order valence-electron chi connectivity index (χ1n) is 8.66. The van der Waals surface area contributed by atoms with Crippen LogP contribution in [0.2, 0.25) is 5.02 Å². The highest BCUT2D eigenvalue weighted by molar-refractivity contribution is 7.12. The minimum Gasteiger partial charge on any atom is -0.495 e. The molecule has 0 unspecified atom stereocenters. The summed E-state index contributed by atoms with van der Waals surface area (Å²) in [4.78, 5) is 18.2. The fourth-order valence-electron chi connectivity index (χ4n) is 2.82. The molecule has 7 heteroatoms. The first-order valence-corrected chi connectivity index (χ1v) is 9.85. The maximum Gasteiger partial charge on any atom is 0.229 e. The Morgan fingerprint density at radius 2 is 1.79 bits per heavy atom. The van der Waals surface area contributed by atoms with Gasteiger partial charge in [-0.15, -0.1) is 11.3 Å². The van der Waals surface area contributed by atoms with E-state index in [-0.39, 0.29) is 12.3 Å². The average Bonchev–Trinajstić information content (AvgIpc) is 3.02. The normalized spacial score (nSPS) is 10.6. The molecule has 1 heterocycles. The molecule has 3 rings (SSSR count). The van der Waals surface area contributed by atoms with Crippen LogP contribution in [0.4, 0.5) is 5.69 Å². The number of halogens is 1. The summed E-state index contributed by atoms with van der Waals surface area (Å²) in [5, 5.41) is 4.19. The van der Waals surface area contributed by atoms with Crippen LogP contribution in [-0.4, -0.2) is 25.1 Å². The molecule has 1 amide bonds. The highest BCUT2D eigenvalue weighted by atomic mass is 35.5. The van der Waals surface area contributed by atoms with Gasteiger partial charge < -0.3 is 14.8 Å². The van der Waals surface area contributed by atoms with Crippen LogP contribution in [-0.2, 0) is 11.2 Å². The van der Waals surface area contributed by atoms with E-state index in [4.69, 9.17) is 21.1 Å². The number of nitrogens with one attached hydrogen (secondary N) is 1. The van der Waals surface area contributed by atoms with E-state index >= 15 is 0 Å². The third-order valence-electron chi connectivity index (χ3n) is 4.20. The lowest BCUT2D eigenvalue weighted by atomic mass is 10.1. The summed E-state index contributed by atoms with van der Waals surface area (Å²) in [6, 6.07) is 11.4. The van der Waals surface area contributed by atoms with Crippen molar-refractivity contribution in [3.05, 3.63) is 56.9 Å². The Morgan fingerprint density at radius 1 is 1.11 bits per heavy atom. The zero-order chi connectivity index (χ0) is 20.3. The molecule has 3 aromatic rings. The first-order chi connectivity index (χ1) is 13.4. The molecular weight excluding hydrogens is 396 g/mol. The number of rotatable bonds is 6. The smallest absolute Gasteiger partial charge is 0.229 e. The van der Waals surface area contributed by atoms with Gasteiger partial charge in [-0.05, 0) is 19.9 Å². The van der Waals surface area contributed by atoms with Gasteiger partial charge in [0.1, 0.15) is 11.5 Å². The van der Waals surface area contributed by atoms with Gasteiger partial charge in [0.15, 0.2) is 0 Å². The quantitative estimate of drug-likeness (QED) is 0.594. The topological polar surface area (TPSA) is 60.5 Å². The van der Waals surface area contributed by atoms with Gasteiger partial charge in [-0.3, -0.25) is 4.79 Å². The number of hydrogen-bond acceptors (Lipinski definition) is 5. The Kier molecular flexibility index (Phi) is 6.21. The zero-order valence-corrected chi connectivity index (χ0v) is 17.7. The van der Waals surface area contributed by atoms with E-state index in [1.54, 1.807) is 12.1 Å². The van der Waals surface area contributed by atoms with E-state index in [0.717, 1.165) is 21.1 Å². The van der Waals surface area contributed by atoms with Crippen molar-refractivity contribution >= 4 is 34.5 Å². The summed E-state index contributed by atoms with van der Waals surface area (Å²) in [5.41, 5.74) is 3.52. The lowest BCUT2D eigenvalue weighted by molar-refractivity contribution is -0.115. The van der Waals surface area contributed by atoms with Gasteiger partial charge in [0.2, 0.25) is 5.91 Å². The molecule has 0 radical (unpaired) electrons. The standard InChI is InChI=1S/C21H21ClN2O3S/c1-12-5-7-14(8-6-12)21-19(28-13(2)23-21)11-20(25)24-16-9-15(22)17(26-3)10-18(16)27-4/h5-10H,11H2,1-4H3,(H,24,25). The van der Waals surface area contributed by atoms with E-state index in [1.807, 2.05) is 38.1 Å². The van der Waals surface area contributed by atoms with Crippen molar-refractivity contribution in [2.45, 2.75) is 20.3 Å². The molecule has 0 saturated heterocycles. The lowest BCUT2D eigenvalue weighted by Gasteiger charge is -2.13. The minimum atomic E-state index is -0.170. The lowest BCUT2D eigenvalue weighted by Crippen LogP contribution is -2.15. The van der Waals surface area contributed by atoms with E-state index in [9.17, 15) is 4.79 Å². The Bertz CT molecular complexity index is 1000. The van der Waals surface area contributed by atoms with Crippen LogP contribution < -0.4 is 14.8 Å². The fraction of sp³-hybridized carbons (Fsp3) is 0.238. The third-order valence-corrected chi connectivity index (χ3v) is 5.46. The number of ether oxygens (including phenoxy) is 2. The Labute approximate surface area is 173 Å². The summed E-state index contributed by atoms with van der Waals surface area (Å²) in [7, 11) is 3.05. The van der Waals surface area contributed by atoms with E-state index < -0.39 is 0 Å². The Morgan fingerprint density at radius 3 is 2.43 bits per heavy atom. The molecule has 0 atom stereocenters. The third kappa shape index (κ3) is 4.46. The number of carbonyl (C=O) groups excluding carboxylic acids is 1. The van der Waals surface area contributed by atoms with Crippen molar-refractivity contribution in [3.8, 4) is 22.8 Å². The van der Waals surface area contributed by atoms with Crippen molar-refractivity contribution in [3.63, 3.8) is 0 Å². The van der Waals surface area contributed by atoms with Crippen molar-refractivity contribution < 1.29 is 14.3 Å². The predicted octanol–water partition coefficient (Wildman–Crippen LogP) is 5.28. The maximum atomic E-state index is 12.7. The zero-order valence-electron chi connectivity index (χ0n) is 16.1. The van der Waals surface area contributed by atoms with Crippen molar-refractivity contribution in [1.29, 1.82) is 0 Å². The average molecular weight is 417 g/mol. The molecule has 28 heavy (non-hydrogen) atoms. The van der Waals surface area contributed by atoms with Gasteiger partial charge in [-0.2, -0.15) is 0 Å². The molecule has 0 aliphatic rings. The fourth-order valence-corrected chi connectivity index (χ4v) is 4.02. The number of anilines is 1. The van der Waals surface area contributed by atoms with Crippen LogP contribution in [0.25, 0.3) is 11.3 Å². The molecule has 2 aromatic carbocycles. The highest BCUT2D eigenvalue weighted by Gasteiger charge is 2.17. The molecular formula is C21H21ClN2O3S. The summed E-state index contributed by atoms with van der Waals surface area (Å²) >= 11 is 7.71. The van der Waals surface area contributed by atoms with Crippen LogP contribution >= 0.6 is 22.9 Å². The molecule has 1 N–H and O–H groups in total. The maximum absolute atomic E-state index is 12.7. The van der Waals surface area contributed by atoms with Gasteiger partial charge in [-0.1, -0.05) is 41.4 Å². The van der Waals surface area contributed by atoms with Crippen molar-refractivity contribution in [1.82, 2.24) is 4.98 Å². The number of aromatic nitrogens is 1. The molecule has 0 spiro atoms. The van der Waals surface area contributed by atoms with Crippen LogP contribution in [0.3, 0.4) is 0 Å². The second kappa shape index (κ2) is 8.63. The number of amides is 1. The van der Waals surface area contributed by atoms with Gasteiger partial charge >= 0.3 is 0 Å². The second-order valence-corrected chi connectivity index (χ2v) is 7.98. The number of hydrogen-bond donors (Lipinski definition) is 1. The van der Waals surface area contributed by atoms with Crippen molar-refractivity contribution in [2.24, 2.45) is 0 Å². The summed E-state index contributed by atoms with van der Waals surface area (Å²) in [5.74, 6) is 0.793. The molecule has 0 bridgehead atoms. The number of aryl methyl sites for hydroxylation is 2. The molecule has 5 nitrogen and oxygen atoms in total. The molecule has 1 aromatic heterocycles. The predicted molar refractivity (Wildman–Crippen MR) is 114 cm³/mol. The molecule has 0 aliphatic heterocycles. The van der Waals surface area contributed by atoms with Gasteiger partial charge in [0.25, 0.3) is 0 Å². The van der Waals surface area contributed by atoms with E-state index in [2.05, 4.69) is 10.3 Å². The largest absolute Gasteiger partial charge is 0.495 e. The van der Waals surface area contributed by atoms with Crippen LogP contribution in [0.5, 0.6) is 11.5 Å². The van der Waals surface area contributed by atoms with Crippen molar-refractivity contribution in [2.75, 3.05) is 19.5 Å². The molecule has 0 saturated carbocycles. The van der Waals surface area contributed by atoms with Gasteiger partial charge in [0, 0.05) is 16.5 Å².